The Labute approximate surface area is 189 Å². The van der Waals surface area contributed by atoms with Crippen LogP contribution < -0.4 is 0 Å². The number of fused-ring (bicyclic) bond motifs is 1. The third-order valence-electron chi connectivity index (χ3n) is 7.10. The Bertz CT molecular complexity index is 1140. The van der Waals surface area contributed by atoms with Gasteiger partial charge in [0.05, 0.1) is 0 Å². The lowest BCUT2D eigenvalue weighted by atomic mass is 9.66. The fourth-order valence-electron chi connectivity index (χ4n) is 5.16. The van der Waals surface area contributed by atoms with Gasteiger partial charge in [-0.2, -0.15) is 0 Å². The fourth-order valence-corrected chi connectivity index (χ4v) is 5.16. The van der Waals surface area contributed by atoms with E-state index in [2.05, 4.69) is 110 Å². The van der Waals surface area contributed by atoms with Crippen molar-refractivity contribution < 1.29 is 0 Å². The monoisotopic (exact) mass is 408 g/mol. The first-order valence-corrected chi connectivity index (χ1v) is 11.5. The van der Waals surface area contributed by atoms with Crippen molar-refractivity contribution in [3.63, 3.8) is 0 Å². The molecule has 0 atom stereocenters. The van der Waals surface area contributed by atoms with Crippen LogP contribution in [0.15, 0.2) is 72.4 Å². The predicted octanol–water partition coefficient (Wildman–Crippen LogP) is 8.70. The van der Waals surface area contributed by atoms with E-state index in [-0.39, 0.29) is 10.8 Å². The zero-order valence-electron chi connectivity index (χ0n) is 20.3. The standard InChI is InChI=1S/C31H36/c1-20(2)29(24-14-12-23(13-15-24)25-11-9-10-21(25)3)26-19-28-27(18-22(26)4)30(5,6)16-17-31(28,7)8/h11-19H,3,9-10H2,1-2,4-8H3. The van der Waals surface area contributed by atoms with Crippen LogP contribution >= 0.6 is 0 Å². The lowest BCUT2D eigenvalue weighted by Gasteiger charge is -2.37. The molecule has 0 unspecified atom stereocenters. The van der Waals surface area contributed by atoms with Gasteiger partial charge in [0.15, 0.2) is 0 Å². The third-order valence-corrected chi connectivity index (χ3v) is 7.10. The first kappa shape index (κ1) is 21.6. The van der Waals surface area contributed by atoms with Gasteiger partial charge in [-0.05, 0) is 89.8 Å². The second-order valence-electron chi connectivity index (χ2n) is 10.7. The third kappa shape index (κ3) is 3.78. The van der Waals surface area contributed by atoms with Gasteiger partial charge in [-0.3, -0.25) is 0 Å². The SMILES string of the molecule is C=C1CCC=C1c1ccc(C(=C(C)C)c2cc3c(cc2C)C(C)(C)C=CC3(C)C)cc1. The molecule has 0 nitrogen and oxygen atoms in total. The van der Waals surface area contributed by atoms with E-state index < -0.39 is 0 Å². The average Bonchev–Trinajstić information content (AvgIpc) is 3.13. The Balaban J connectivity index is 1.83. The molecule has 31 heavy (non-hydrogen) atoms. The first-order chi connectivity index (χ1) is 14.5. The highest BCUT2D eigenvalue weighted by Crippen LogP contribution is 2.44. The molecule has 2 aliphatic rings. The Morgan fingerprint density at radius 2 is 1.45 bits per heavy atom. The fraction of sp³-hybridized carbons (Fsp3) is 0.355. The maximum Gasteiger partial charge on any atom is 0.00789 e. The number of hydrogen-bond donors (Lipinski definition) is 0. The number of rotatable bonds is 3. The summed E-state index contributed by atoms with van der Waals surface area (Å²) < 4.78 is 0. The van der Waals surface area contributed by atoms with Gasteiger partial charge in [-0.15, -0.1) is 0 Å². The van der Waals surface area contributed by atoms with Gasteiger partial charge in [-0.25, -0.2) is 0 Å². The highest BCUT2D eigenvalue weighted by molar-refractivity contribution is 5.86. The normalized spacial score (nSPS) is 18.5. The minimum Gasteiger partial charge on any atom is -0.0952 e. The zero-order chi connectivity index (χ0) is 22.6. The van der Waals surface area contributed by atoms with E-state index >= 15 is 0 Å². The van der Waals surface area contributed by atoms with E-state index in [0.717, 1.165) is 12.8 Å². The van der Waals surface area contributed by atoms with E-state index in [1.807, 2.05) is 0 Å². The Kier molecular flexibility index (Phi) is 5.24. The van der Waals surface area contributed by atoms with Crippen molar-refractivity contribution in [2.24, 2.45) is 0 Å². The second-order valence-corrected chi connectivity index (χ2v) is 10.7. The molecule has 0 fully saturated rings. The minimum atomic E-state index is 0.0409. The van der Waals surface area contributed by atoms with Gasteiger partial charge in [0, 0.05) is 10.8 Å². The van der Waals surface area contributed by atoms with Crippen LogP contribution in [0.2, 0.25) is 0 Å². The smallest absolute Gasteiger partial charge is 0.00789 e. The van der Waals surface area contributed by atoms with Gasteiger partial charge >= 0.3 is 0 Å². The molecule has 4 rings (SSSR count). The summed E-state index contributed by atoms with van der Waals surface area (Å²) >= 11 is 0. The molecule has 0 aromatic heterocycles. The molecule has 0 N–H and O–H groups in total. The van der Waals surface area contributed by atoms with Crippen molar-refractivity contribution in [2.75, 3.05) is 0 Å². The van der Waals surface area contributed by atoms with Crippen LogP contribution in [0.4, 0.5) is 0 Å². The summed E-state index contributed by atoms with van der Waals surface area (Å²) in [6, 6.07) is 14.0. The molecule has 2 aliphatic carbocycles. The summed E-state index contributed by atoms with van der Waals surface area (Å²) in [5.74, 6) is 0. The van der Waals surface area contributed by atoms with E-state index in [0.29, 0.717) is 0 Å². The highest BCUT2D eigenvalue weighted by atomic mass is 14.4. The van der Waals surface area contributed by atoms with Crippen LogP contribution in [-0.2, 0) is 10.8 Å². The van der Waals surface area contributed by atoms with Gasteiger partial charge in [0.2, 0.25) is 0 Å². The number of benzene rings is 2. The van der Waals surface area contributed by atoms with Crippen molar-refractivity contribution in [1.82, 2.24) is 0 Å². The van der Waals surface area contributed by atoms with Gasteiger partial charge in [0.25, 0.3) is 0 Å². The molecule has 0 saturated carbocycles. The molecule has 2 aromatic carbocycles. The number of allylic oxidation sites excluding steroid dienone is 6. The zero-order valence-corrected chi connectivity index (χ0v) is 20.3. The maximum absolute atomic E-state index is 4.24. The van der Waals surface area contributed by atoms with E-state index in [1.165, 1.54) is 55.7 Å². The largest absolute Gasteiger partial charge is 0.0952 e. The molecular weight excluding hydrogens is 372 g/mol. The predicted molar refractivity (Wildman–Crippen MR) is 137 cm³/mol. The molecule has 0 heterocycles. The topological polar surface area (TPSA) is 0 Å². The molecular formula is C31H36. The van der Waals surface area contributed by atoms with Crippen LogP contribution in [0, 0.1) is 6.92 Å². The van der Waals surface area contributed by atoms with Crippen molar-refractivity contribution >= 4 is 11.1 Å². The van der Waals surface area contributed by atoms with Gasteiger partial charge < -0.3 is 0 Å². The van der Waals surface area contributed by atoms with Gasteiger partial charge in [0.1, 0.15) is 0 Å². The highest BCUT2D eigenvalue weighted by Gasteiger charge is 2.33. The summed E-state index contributed by atoms with van der Waals surface area (Å²) in [5.41, 5.74) is 13.6. The van der Waals surface area contributed by atoms with Crippen molar-refractivity contribution in [3.8, 4) is 0 Å². The summed E-state index contributed by atoms with van der Waals surface area (Å²) in [4.78, 5) is 0. The lowest BCUT2D eigenvalue weighted by molar-refractivity contribution is 0.562. The second kappa shape index (κ2) is 7.52. The lowest BCUT2D eigenvalue weighted by Crippen LogP contribution is -2.29. The molecule has 0 aliphatic heterocycles. The van der Waals surface area contributed by atoms with Crippen LogP contribution in [0.25, 0.3) is 11.1 Å². The Hall–Kier alpha value is -2.60. The summed E-state index contributed by atoms with van der Waals surface area (Å²) in [6.45, 7) is 20.3. The van der Waals surface area contributed by atoms with Crippen molar-refractivity contribution in [2.45, 2.75) is 72.1 Å². The number of aryl methyl sites for hydroxylation is 1. The summed E-state index contributed by atoms with van der Waals surface area (Å²) in [6.07, 6.45) is 9.29. The summed E-state index contributed by atoms with van der Waals surface area (Å²) in [5, 5.41) is 0. The molecule has 0 saturated heterocycles. The number of hydrogen-bond acceptors (Lipinski definition) is 0. The molecule has 0 spiro atoms. The van der Waals surface area contributed by atoms with Crippen molar-refractivity contribution in [1.29, 1.82) is 0 Å². The van der Waals surface area contributed by atoms with E-state index in [4.69, 9.17) is 0 Å². The molecule has 2 aromatic rings. The van der Waals surface area contributed by atoms with Crippen LogP contribution in [0.3, 0.4) is 0 Å². The van der Waals surface area contributed by atoms with Crippen LogP contribution in [-0.4, -0.2) is 0 Å². The van der Waals surface area contributed by atoms with Crippen LogP contribution in [0.5, 0.6) is 0 Å². The molecule has 0 bridgehead atoms. The molecule has 0 radical (unpaired) electrons. The van der Waals surface area contributed by atoms with Crippen LogP contribution in [0.1, 0.15) is 87.8 Å². The van der Waals surface area contributed by atoms with E-state index in [9.17, 15) is 0 Å². The average molecular weight is 409 g/mol. The molecule has 0 heteroatoms. The van der Waals surface area contributed by atoms with Crippen molar-refractivity contribution in [3.05, 3.63) is 106 Å². The molecule has 160 valence electrons. The quantitative estimate of drug-likeness (QED) is 0.445. The minimum absolute atomic E-state index is 0.0409. The Morgan fingerprint density at radius 3 is 1.97 bits per heavy atom. The summed E-state index contributed by atoms with van der Waals surface area (Å²) in [7, 11) is 0. The Morgan fingerprint density at radius 1 is 0.871 bits per heavy atom. The maximum atomic E-state index is 4.24. The van der Waals surface area contributed by atoms with E-state index in [1.54, 1.807) is 0 Å². The van der Waals surface area contributed by atoms with Gasteiger partial charge in [-0.1, -0.05) is 88.4 Å². The first-order valence-electron chi connectivity index (χ1n) is 11.5. The molecule has 0 amide bonds.